The molecule has 0 saturated carbocycles. The molecular formula is C14H22N2O3. The lowest BCUT2D eigenvalue weighted by Crippen LogP contribution is -2.34. The van der Waals surface area contributed by atoms with Crippen molar-refractivity contribution in [1.29, 1.82) is 0 Å². The standard InChI is InChI=1S/C14H22N2O3/c1-5-19-14(2,3)9-16-12-10(13(17)18-4)7-6-8-11(12)15/h6-8,16H,5,9,15H2,1-4H3. The topological polar surface area (TPSA) is 73.6 Å². The molecule has 5 heteroatoms. The maximum absolute atomic E-state index is 11.7. The van der Waals surface area contributed by atoms with Crippen LogP contribution in [0.25, 0.3) is 0 Å². The molecule has 3 N–H and O–H groups in total. The first-order valence-corrected chi connectivity index (χ1v) is 6.26. The molecule has 5 nitrogen and oxygen atoms in total. The Morgan fingerprint density at radius 1 is 1.42 bits per heavy atom. The summed E-state index contributed by atoms with van der Waals surface area (Å²) < 4.78 is 10.3. The van der Waals surface area contributed by atoms with Gasteiger partial charge in [0, 0.05) is 13.2 Å². The number of hydrogen-bond donors (Lipinski definition) is 2. The fourth-order valence-corrected chi connectivity index (χ4v) is 1.79. The lowest BCUT2D eigenvalue weighted by atomic mass is 10.1. The lowest BCUT2D eigenvalue weighted by Gasteiger charge is -2.26. The van der Waals surface area contributed by atoms with Crippen LogP contribution < -0.4 is 11.1 Å². The molecule has 0 amide bonds. The largest absolute Gasteiger partial charge is 0.465 e. The highest BCUT2D eigenvalue weighted by Crippen LogP contribution is 2.25. The van der Waals surface area contributed by atoms with Crippen molar-refractivity contribution in [2.45, 2.75) is 26.4 Å². The second kappa shape index (κ2) is 6.43. The van der Waals surface area contributed by atoms with E-state index in [-0.39, 0.29) is 5.60 Å². The molecule has 0 aliphatic carbocycles. The average Bonchev–Trinajstić information content (AvgIpc) is 2.36. The van der Waals surface area contributed by atoms with Gasteiger partial charge < -0.3 is 20.5 Å². The summed E-state index contributed by atoms with van der Waals surface area (Å²) in [6.07, 6.45) is 0. The predicted octanol–water partition coefficient (Wildman–Crippen LogP) is 2.28. The molecule has 0 atom stereocenters. The number of carbonyl (C=O) groups excluding carboxylic acids is 1. The molecule has 1 aromatic carbocycles. The highest BCUT2D eigenvalue weighted by molar-refractivity contribution is 5.98. The normalized spacial score (nSPS) is 11.2. The molecule has 0 radical (unpaired) electrons. The van der Waals surface area contributed by atoms with E-state index in [1.54, 1.807) is 18.2 Å². The van der Waals surface area contributed by atoms with Crippen molar-refractivity contribution in [2.24, 2.45) is 0 Å². The van der Waals surface area contributed by atoms with E-state index in [0.29, 0.717) is 30.1 Å². The molecule has 0 aliphatic rings. The number of para-hydroxylation sites is 1. The summed E-state index contributed by atoms with van der Waals surface area (Å²) in [6, 6.07) is 5.14. The summed E-state index contributed by atoms with van der Waals surface area (Å²) in [5.41, 5.74) is 7.08. The number of anilines is 2. The van der Waals surface area contributed by atoms with Gasteiger partial charge in [-0.3, -0.25) is 0 Å². The molecule has 0 saturated heterocycles. The van der Waals surface area contributed by atoms with Gasteiger partial charge in [0.1, 0.15) is 0 Å². The maximum Gasteiger partial charge on any atom is 0.340 e. The van der Waals surface area contributed by atoms with Gasteiger partial charge in [-0.05, 0) is 32.9 Å². The number of hydrogen-bond acceptors (Lipinski definition) is 5. The van der Waals surface area contributed by atoms with Gasteiger partial charge in [-0.2, -0.15) is 0 Å². The van der Waals surface area contributed by atoms with E-state index < -0.39 is 5.97 Å². The lowest BCUT2D eigenvalue weighted by molar-refractivity contribution is 0.000667. The molecule has 0 aromatic heterocycles. The van der Waals surface area contributed by atoms with E-state index in [9.17, 15) is 4.79 Å². The zero-order valence-corrected chi connectivity index (χ0v) is 11.9. The van der Waals surface area contributed by atoms with Crippen molar-refractivity contribution in [3.8, 4) is 0 Å². The minimum absolute atomic E-state index is 0.343. The van der Waals surface area contributed by atoms with Crippen molar-refractivity contribution in [3.05, 3.63) is 23.8 Å². The number of carbonyl (C=O) groups is 1. The molecule has 0 aliphatic heterocycles. The quantitative estimate of drug-likeness (QED) is 0.610. The van der Waals surface area contributed by atoms with E-state index in [1.165, 1.54) is 7.11 Å². The third kappa shape index (κ3) is 4.13. The first-order chi connectivity index (χ1) is 8.91. The van der Waals surface area contributed by atoms with Crippen LogP contribution in [0, 0.1) is 0 Å². The summed E-state index contributed by atoms with van der Waals surface area (Å²) in [7, 11) is 1.35. The van der Waals surface area contributed by atoms with Gasteiger partial charge in [0.25, 0.3) is 0 Å². The summed E-state index contributed by atoms with van der Waals surface area (Å²) >= 11 is 0. The van der Waals surface area contributed by atoms with Crippen LogP contribution in [0.5, 0.6) is 0 Å². The van der Waals surface area contributed by atoms with Crippen molar-refractivity contribution in [2.75, 3.05) is 31.3 Å². The van der Waals surface area contributed by atoms with Crippen LogP contribution in [0.1, 0.15) is 31.1 Å². The van der Waals surface area contributed by atoms with Gasteiger partial charge in [0.05, 0.1) is 29.6 Å². The van der Waals surface area contributed by atoms with Gasteiger partial charge in [-0.1, -0.05) is 6.07 Å². The van der Waals surface area contributed by atoms with E-state index in [4.69, 9.17) is 15.2 Å². The number of nitrogens with two attached hydrogens (primary N) is 1. The smallest absolute Gasteiger partial charge is 0.340 e. The zero-order chi connectivity index (χ0) is 14.5. The Morgan fingerprint density at radius 3 is 2.68 bits per heavy atom. The number of rotatable bonds is 6. The number of nitrogen functional groups attached to an aromatic ring is 1. The summed E-state index contributed by atoms with van der Waals surface area (Å²) in [6.45, 7) is 7.06. The molecule has 106 valence electrons. The van der Waals surface area contributed by atoms with Crippen LogP contribution in [0.2, 0.25) is 0 Å². The number of esters is 1. The van der Waals surface area contributed by atoms with Crippen molar-refractivity contribution in [1.82, 2.24) is 0 Å². The molecule has 0 unspecified atom stereocenters. The van der Waals surface area contributed by atoms with Gasteiger partial charge in [0.15, 0.2) is 0 Å². The van der Waals surface area contributed by atoms with Crippen LogP contribution in [-0.4, -0.2) is 31.8 Å². The Kier molecular flexibility index (Phi) is 5.18. The SMILES string of the molecule is CCOC(C)(C)CNc1c(N)cccc1C(=O)OC. The number of ether oxygens (including phenoxy) is 2. The van der Waals surface area contributed by atoms with E-state index in [1.807, 2.05) is 20.8 Å². The van der Waals surface area contributed by atoms with Crippen LogP contribution >= 0.6 is 0 Å². The van der Waals surface area contributed by atoms with Crippen LogP contribution in [-0.2, 0) is 9.47 Å². The summed E-state index contributed by atoms with van der Waals surface area (Å²) in [5, 5.41) is 3.17. The molecular weight excluding hydrogens is 244 g/mol. The van der Waals surface area contributed by atoms with Crippen molar-refractivity contribution < 1.29 is 14.3 Å². The van der Waals surface area contributed by atoms with Crippen LogP contribution in [0.3, 0.4) is 0 Å². The second-order valence-corrected chi connectivity index (χ2v) is 4.81. The predicted molar refractivity (Wildman–Crippen MR) is 76.4 cm³/mol. The Morgan fingerprint density at radius 2 is 2.11 bits per heavy atom. The molecule has 0 fully saturated rings. The van der Waals surface area contributed by atoms with Gasteiger partial charge in [-0.15, -0.1) is 0 Å². The highest BCUT2D eigenvalue weighted by Gasteiger charge is 2.20. The summed E-state index contributed by atoms with van der Waals surface area (Å²) in [5.74, 6) is -0.413. The Labute approximate surface area is 114 Å². The maximum atomic E-state index is 11.7. The first-order valence-electron chi connectivity index (χ1n) is 6.26. The minimum Gasteiger partial charge on any atom is -0.465 e. The summed E-state index contributed by atoms with van der Waals surface area (Å²) in [4.78, 5) is 11.7. The Hall–Kier alpha value is -1.75. The number of nitrogens with one attached hydrogen (secondary N) is 1. The Bertz CT molecular complexity index is 444. The Balaban J connectivity index is 2.91. The molecule has 0 heterocycles. The molecule has 19 heavy (non-hydrogen) atoms. The van der Waals surface area contributed by atoms with E-state index in [2.05, 4.69) is 5.32 Å². The molecule has 1 rings (SSSR count). The fraction of sp³-hybridized carbons (Fsp3) is 0.500. The van der Waals surface area contributed by atoms with E-state index in [0.717, 1.165) is 0 Å². The number of benzene rings is 1. The third-order valence-corrected chi connectivity index (χ3v) is 2.73. The first kappa shape index (κ1) is 15.3. The van der Waals surface area contributed by atoms with E-state index >= 15 is 0 Å². The highest BCUT2D eigenvalue weighted by atomic mass is 16.5. The van der Waals surface area contributed by atoms with Gasteiger partial charge in [-0.25, -0.2) is 4.79 Å². The van der Waals surface area contributed by atoms with Gasteiger partial charge in [0.2, 0.25) is 0 Å². The van der Waals surface area contributed by atoms with Crippen LogP contribution in [0.15, 0.2) is 18.2 Å². The molecule has 0 spiro atoms. The third-order valence-electron chi connectivity index (χ3n) is 2.73. The van der Waals surface area contributed by atoms with Gasteiger partial charge >= 0.3 is 5.97 Å². The molecule has 0 bridgehead atoms. The fourth-order valence-electron chi connectivity index (χ4n) is 1.79. The minimum atomic E-state index is -0.413. The molecule has 1 aromatic rings. The van der Waals surface area contributed by atoms with Crippen molar-refractivity contribution >= 4 is 17.3 Å². The zero-order valence-electron chi connectivity index (χ0n) is 11.9. The van der Waals surface area contributed by atoms with Crippen LogP contribution in [0.4, 0.5) is 11.4 Å². The van der Waals surface area contributed by atoms with Crippen molar-refractivity contribution in [3.63, 3.8) is 0 Å². The number of methoxy groups -OCH3 is 1. The monoisotopic (exact) mass is 266 g/mol. The second-order valence-electron chi connectivity index (χ2n) is 4.81. The average molecular weight is 266 g/mol.